The third-order valence-electron chi connectivity index (χ3n) is 8.41. The number of nitrogens with zero attached hydrogens (tertiary/aromatic N) is 7. The number of fused-ring (bicyclic) bond motifs is 2. The maximum Gasteiger partial charge on any atom is 0.320 e. The summed E-state index contributed by atoms with van der Waals surface area (Å²) in [5.41, 5.74) is 11.1. The maximum absolute atomic E-state index is 13.1. The van der Waals surface area contributed by atoms with Gasteiger partial charge in [-0.3, -0.25) is 28.8 Å². The second-order valence-corrected chi connectivity index (χ2v) is 13.3. The molecule has 46 heavy (non-hydrogen) atoms. The van der Waals surface area contributed by atoms with Gasteiger partial charge >= 0.3 is 5.97 Å². The van der Waals surface area contributed by atoms with Crippen LogP contribution in [0.3, 0.4) is 0 Å². The molecule has 2 fully saturated rings. The van der Waals surface area contributed by atoms with Gasteiger partial charge < -0.3 is 37.1 Å². The highest BCUT2D eigenvalue weighted by atomic mass is 32.2. The van der Waals surface area contributed by atoms with Gasteiger partial charge in [0.1, 0.15) is 29.8 Å². The molecule has 1 amide bonds. The first-order chi connectivity index (χ1) is 21.9. The highest BCUT2D eigenvalue weighted by molar-refractivity contribution is 7.99. The molecular weight excluding hydrogens is 620 g/mol. The van der Waals surface area contributed by atoms with Gasteiger partial charge in [-0.25, -0.2) is 19.9 Å². The number of aliphatic carboxylic acids is 1. The molecule has 3 aromatic rings. The molecule has 3 aliphatic rings. The van der Waals surface area contributed by atoms with Crippen molar-refractivity contribution in [2.24, 2.45) is 4.99 Å². The number of nitrogens with one attached hydrogen (secondary N) is 3. The zero-order chi connectivity index (χ0) is 32.7. The minimum absolute atomic E-state index is 0.0369. The van der Waals surface area contributed by atoms with Crippen molar-refractivity contribution in [2.45, 2.75) is 68.4 Å². The predicted molar refractivity (Wildman–Crippen MR) is 170 cm³/mol. The summed E-state index contributed by atoms with van der Waals surface area (Å²) < 4.78 is 7.91. The summed E-state index contributed by atoms with van der Waals surface area (Å²) in [6.07, 6.45) is 2.82. The van der Waals surface area contributed by atoms with E-state index in [1.165, 1.54) is 6.33 Å². The van der Waals surface area contributed by atoms with Gasteiger partial charge in [0, 0.05) is 37.1 Å². The molecule has 19 heteroatoms. The number of aliphatic imine (C=N–C) groups is 1. The number of aromatic nitrogens is 6. The standard InChI is InChI=1S/C27H36N12O6S/c1-27(2)19(34-18-21(37-27)35-26(29)36-23(18)41)24(42)30-4-6-38-5-3-12(7-13(38)25(43)44)46-9-15-14(40)8-16(45-15)39-11-33-17-20(28)31-10-32-22(17)39/h10-16,40H,3-9H2,1-2H3,(H,30,42)(H,43,44)(H2,28,31,32)(H4,29,35,36,37,41)/t12?,13?,14-,15-,16-/m1/s1. The van der Waals surface area contributed by atoms with Crippen molar-refractivity contribution >= 4 is 63.8 Å². The van der Waals surface area contributed by atoms with Gasteiger partial charge in [0.15, 0.2) is 23.0 Å². The largest absolute Gasteiger partial charge is 0.480 e. The monoisotopic (exact) mass is 656 g/mol. The molecule has 5 atom stereocenters. The van der Waals surface area contributed by atoms with Crippen LogP contribution in [0, 0.1) is 0 Å². The lowest BCUT2D eigenvalue weighted by Crippen LogP contribution is -2.53. The molecule has 6 rings (SSSR count). The number of hydrogen-bond donors (Lipinski definition) is 7. The van der Waals surface area contributed by atoms with Crippen molar-refractivity contribution in [1.29, 1.82) is 0 Å². The zero-order valence-corrected chi connectivity index (χ0v) is 26.0. The Kier molecular flexibility index (Phi) is 8.57. The second-order valence-electron chi connectivity index (χ2n) is 12.0. The number of H-pyrrole nitrogens is 1. The molecule has 3 aromatic heterocycles. The molecule has 0 spiro atoms. The Morgan fingerprint density at radius 2 is 2.04 bits per heavy atom. The minimum Gasteiger partial charge on any atom is -0.480 e. The van der Waals surface area contributed by atoms with Crippen LogP contribution in [-0.2, 0) is 14.3 Å². The first kappa shape index (κ1) is 31.6. The number of ether oxygens (including phenoxy) is 1. The van der Waals surface area contributed by atoms with Gasteiger partial charge in [-0.15, -0.1) is 0 Å². The smallest absolute Gasteiger partial charge is 0.320 e. The van der Waals surface area contributed by atoms with Crippen LogP contribution in [0.25, 0.3) is 11.2 Å². The van der Waals surface area contributed by atoms with Gasteiger partial charge in [-0.2, -0.15) is 16.7 Å². The summed E-state index contributed by atoms with van der Waals surface area (Å²) >= 11 is 1.59. The number of piperidine rings is 1. The molecule has 0 radical (unpaired) electrons. The second kappa shape index (κ2) is 12.5. The molecule has 6 heterocycles. The van der Waals surface area contributed by atoms with Gasteiger partial charge in [-0.05, 0) is 26.7 Å². The fourth-order valence-electron chi connectivity index (χ4n) is 6.02. The number of nitrogens with two attached hydrogens (primary N) is 2. The van der Waals surface area contributed by atoms with E-state index in [0.29, 0.717) is 42.8 Å². The number of nitrogen functional groups attached to an aromatic ring is 2. The van der Waals surface area contributed by atoms with Crippen molar-refractivity contribution in [2.75, 3.05) is 42.2 Å². The molecule has 246 valence electrons. The Morgan fingerprint density at radius 3 is 2.83 bits per heavy atom. The third kappa shape index (κ3) is 6.22. The number of thioether (sulfide) groups is 1. The van der Waals surface area contributed by atoms with E-state index >= 15 is 0 Å². The van der Waals surface area contributed by atoms with E-state index in [2.05, 4.69) is 40.5 Å². The first-order valence-electron chi connectivity index (χ1n) is 14.8. The van der Waals surface area contributed by atoms with Crippen molar-refractivity contribution in [3.63, 3.8) is 0 Å². The van der Waals surface area contributed by atoms with Crippen LogP contribution in [0.4, 0.5) is 23.3 Å². The molecule has 0 bridgehead atoms. The number of aliphatic hydroxyl groups excluding tert-OH is 1. The van der Waals surface area contributed by atoms with Crippen LogP contribution < -0.4 is 27.7 Å². The number of hydrogen-bond acceptors (Lipinski definition) is 15. The van der Waals surface area contributed by atoms with E-state index in [1.54, 1.807) is 36.5 Å². The van der Waals surface area contributed by atoms with Crippen LogP contribution in [0.2, 0.25) is 0 Å². The highest BCUT2D eigenvalue weighted by Gasteiger charge is 2.39. The average Bonchev–Trinajstić information content (AvgIpc) is 3.59. The maximum atomic E-state index is 13.1. The van der Waals surface area contributed by atoms with E-state index in [4.69, 9.17) is 16.2 Å². The van der Waals surface area contributed by atoms with E-state index < -0.39 is 47.5 Å². The summed E-state index contributed by atoms with van der Waals surface area (Å²) in [5.74, 6) is -0.534. The van der Waals surface area contributed by atoms with Gasteiger partial charge in [0.25, 0.3) is 11.5 Å². The summed E-state index contributed by atoms with van der Waals surface area (Å²) in [5, 5.41) is 26.6. The number of carbonyl (C=O) groups is 2. The number of aliphatic hydroxyl groups is 1. The van der Waals surface area contributed by atoms with E-state index in [0.717, 1.165) is 6.42 Å². The fourth-order valence-corrected chi connectivity index (χ4v) is 7.37. The van der Waals surface area contributed by atoms with E-state index in [9.17, 15) is 24.6 Å². The van der Waals surface area contributed by atoms with Gasteiger partial charge in [0.05, 0.1) is 24.1 Å². The molecule has 2 unspecified atom stereocenters. The number of likely N-dealkylation sites (tertiary alicyclic amines) is 1. The Hall–Kier alpha value is -4.33. The van der Waals surface area contributed by atoms with Crippen LogP contribution in [0.15, 0.2) is 22.4 Å². The van der Waals surface area contributed by atoms with Gasteiger partial charge in [-0.1, -0.05) is 0 Å². The number of carboxylic acids is 1. The number of rotatable bonds is 9. The normalized spacial score (nSPS) is 25.9. The van der Waals surface area contributed by atoms with E-state index in [-0.39, 0.29) is 40.8 Å². The lowest BCUT2D eigenvalue weighted by Gasteiger charge is -2.37. The zero-order valence-electron chi connectivity index (χ0n) is 25.2. The predicted octanol–water partition coefficient (Wildman–Crippen LogP) is -0.534. The molecular formula is C27H36N12O6S. The summed E-state index contributed by atoms with van der Waals surface area (Å²) in [6, 6.07) is -0.736. The molecule has 0 aliphatic carbocycles. The quantitative estimate of drug-likeness (QED) is 0.153. The lowest BCUT2D eigenvalue weighted by atomic mass is 9.95. The molecule has 0 saturated carbocycles. The van der Waals surface area contributed by atoms with Crippen molar-refractivity contribution in [3.8, 4) is 0 Å². The lowest BCUT2D eigenvalue weighted by molar-refractivity contribution is -0.144. The van der Waals surface area contributed by atoms with Crippen molar-refractivity contribution in [3.05, 3.63) is 23.0 Å². The Balaban J connectivity index is 1.01. The highest BCUT2D eigenvalue weighted by Crippen LogP contribution is 2.36. The molecule has 0 aromatic carbocycles. The summed E-state index contributed by atoms with van der Waals surface area (Å²) in [7, 11) is 0. The topological polar surface area (TPSA) is 265 Å². The third-order valence-corrected chi connectivity index (χ3v) is 9.83. The minimum atomic E-state index is -0.938. The molecule has 9 N–H and O–H groups in total. The van der Waals surface area contributed by atoms with Crippen LogP contribution in [0.1, 0.15) is 39.3 Å². The Labute approximate surface area is 266 Å². The number of aromatic amines is 1. The number of imidazole rings is 1. The number of anilines is 3. The SMILES string of the molecule is CC1(C)Nc2nc(N)[nH]c(=O)c2N=C1C(=O)NCCN1CCC(SC[C@H]2O[C@@H](n3cnc4c(N)ncnc43)C[C@H]2O)CC1C(=O)O. The fraction of sp³-hybridized carbons (Fsp3) is 0.556. The number of carboxylic acid groups (broad SMARTS) is 1. The first-order valence-corrected chi connectivity index (χ1v) is 15.9. The average molecular weight is 657 g/mol. The Bertz CT molecular complexity index is 1740. The van der Waals surface area contributed by atoms with Crippen LogP contribution in [-0.4, -0.2) is 117 Å². The number of amides is 1. The van der Waals surface area contributed by atoms with Gasteiger partial charge in [0.2, 0.25) is 5.95 Å². The summed E-state index contributed by atoms with van der Waals surface area (Å²) in [4.78, 5) is 62.7. The molecule has 2 saturated heterocycles. The number of carbonyl (C=O) groups excluding carboxylic acids is 1. The van der Waals surface area contributed by atoms with Crippen LogP contribution in [0.5, 0.6) is 0 Å². The molecule has 18 nitrogen and oxygen atoms in total. The summed E-state index contributed by atoms with van der Waals surface area (Å²) in [6.45, 7) is 4.48. The van der Waals surface area contributed by atoms with Crippen molar-refractivity contribution < 1.29 is 24.5 Å². The Morgan fingerprint density at radius 1 is 1.24 bits per heavy atom. The molecule has 3 aliphatic heterocycles. The van der Waals surface area contributed by atoms with E-state index in [1.807, 2.05) is 4.90 Å². The van der Waals surface area contributed by atoms with Crippen molar-refractivity contribution in [1.82, 2.24) is 39.7 Å². The van der Waals surface area contributed by atoms with Crippen LogP contribution >= 0.6 is 11.8 Å².